The van der Waals surface area contributed by atoms with Crippen LogP contribution < -0.4 is 20.3 Å². The van der Waals surface area contributed by atoms with E-state index in [2.05, 4.69) is 15.6 Å². The van der Waals surface area contributed by atoms with Crippen molar-refractivity contribution in [2.75, 3.05) is 45.3 Å². The Labute approximate surface area is 196 Å². The number of nitrogens with one attached hydrogen (secondary N) is 2. The number of rotatable bonds is 7. The number of hydrogen-bond acceptors (Lipinski definition) is 7. The second-order valence-corrected chi connectivity index (χ2v) is 8.61. The predicted molar refractivity (Wildman–Crippen MR) is 121 cm³/mol. The van der Waals surface area contributed by atoms with Crippen molar-refractivity contribution in [1.29, 1.82) is 0 Å². The summed E-state index contributed by atoms with van der Waals surface area (Å²) in [6, 6.07) is 6.05. The van der Waals surface area contributed by atoms with Gasteiger partial charge in [0.15, 0.2) is 11.5 Å². The minimum atomic E-state index is -1.29. The van der Waals surface area contributed by atoms with Gasteiger partial charge in [-0.05, 0) is 24.6 Å². The predicted octanol–water partition coefficient (Wildman–Crippen LogP) is 1.09. The molecule has 2 amide bonds. The van der Waals surface area contributed by atoms with Gasteiger partial charge >= 0.3 is 0 Å². The van der Waals surface area contributed by atoms with Gasteiger partial charge in [0.1, 0.15) is 23.1 Å². The Hall–Kier alpha value is -3.53. The van der Waals surface area contributed by atoms with Crippen LogP contribution in [0.1, 0.15) is 28.5 Å². The Morgan fingerprint density at radius 1 is 1.32 bits per heavy atom. The SMILES string of the molecule is CNC(=O)C1CN2CC(C)(C(=O)NCCOC)Oc3c(Cc4ccc(F)cc4)cnc(c32)C1=O. The van der Waals surface area contributed by atoms with Crippen LogP contribution >= 0.6 is 0 Å². The standard InChI is InChI=1S/C24H27FN4O5/c1-24(23(32)27-8-9-33-3)13-29-12-17(22(31)26-2)20(30)18-19(29)21(34-24)15(11-28-18)10-14-4-6-16(25)7-5-14/h4-7,11,17H,8-10,12-13H2,1-3H3,(H,26,31)(H,27,32). The Morgan fingerprint density at radius 2 is 2.06 bits per heavy atom. The molecule has 0 saturated carbocycles. The second kappa shape index (κ2) is 9.38. The van der Waals surface area contributed by atoms with Crippen LogP contribution in [0, 0.1) is 11.7 Å². The maximum atomic E-state index is 13.4. The molecule has 3 heterocycles. The van der Waals surface area contributed by atoms with Gasteiger partial charge in [-0.1, -0.05) is 12.1 Å². The highest BCUT2D eigenvalue weighted by molar-refractivity contribution is 6.14. The van der Waals surface area contributed by atoms with Crippen LogP contribution in [0.2, 0.25) is 0 Å². The van der Waals surface area contributed by atoms with Crippen molar-refractivity contribution >= 4 is 23.3 Å². The van der Waals surface area contributed by atoms with Crippen molar-refractivity contribution < 1.29 is 28.2 Å². The van der Waals surface area contributed by atoms with Gasteiger partial charge in [-0.15, -0.1) is 0 Å². The number of benzene rings is 1. The normalized spacial score (nSPS) is 20.9. The summed E-state index contributed by atoms with van der Waals surface area (Å²) in [6.07, 6.45) is 1.88. The number of pyridine rings is 1. The fraction of sp³-hybridized carbons (Fsp3) is 0.417. The van der Waals surface area contributed by atoms with Gasteiger partial charge in [0.2, 0.25) is 11.5 Å². The van der Waals surface area contributed by atoms with E-state index in [1.54, 1.807) is 26.2 Å². The third-order valence-corrected chi connectivity index (χ3v) is 6.11. The Morgan fingerprint density at radius 3 is 2.74 bits per heavy atom. The van der Waals surface area contributed by atoms with E-state index in [1.165, 1.54) is 25.4 Å². The largest absolute Gasteiger partial charge is 0.473 e. The molecule has 2 aliphatic rings. The van der Waals surface area contributed by atoms with Crippen molar-refractivity contribution in [1.82, 2.24) is 15.6 Å². The molecule has 1 aromatic carbocycles. The highest BCUT2D eigenvalue weighted by Gasteiger charge is 2.49. The fourth-order valence-electron chi connectivity index (χ4n) is 4.33. The highest BCUT2D eigenvalue weighted by atomic mass is 19.1. The minimum Gasteiger partial charge on any atom is -0.473 e. The summed E-state index contributed by atoms with van der Waals surface area (Å²) in [7, 11) is 3.02. The van der Waals surface area contributed by atoms with Crippen molar-refractivity contribution in [3.63, 3.8) is 0 Å². The molecule has 2 unspecified atom stereocenters. The molecule has 9 nitrogen and oxygen atoms in total. The van der Waals surface area contributed by atoms with Gasteiger partial charge in [0.05, 0.1) is 13.2 Å². The smallest absolute Gasteiger partial charge is 0.265 e. The summed E-state index contributed by atoms with van der Waals surface area (Å²) in [4.78, 5) is 44.8. The molecule has 0 saturated heterocycles. The summed E-state index contributed by atoms with van der Waals surface area (Å²) in [5.74, 6) is -2.06. The second-order valence-electron chi connectivity index (χ2n) is 8.61. The molecule has 4 rings (SSSR count). The molecule has 2 N–H and O–H groups in total. The first-order valence-electron chi connectivity index (χ1n) is 11.0. The average Bonchev–Trinajstić information content (AvgIpc) is 2.83. The topological polar surface area (TPSA) is 110 Å². The zero-order chi connectivity index (χ0) is 24.5. The number of amides is 2. The van der Waals surface area contributed by atoms with E-state index in [4.69, 9.17) is 9.47 Å². The van der Waals surface area contributed by atoms with Crippen LogP contribution in [0.3, 0.4) is 0 Å². The van der Waals surface area contributed by atoms with Crippen LogP contribution in [0.25, 0.3) is 0 Å². The molecule has 2 aliphatic heterocycles. The monoisotopic (exact) mass is 470 g/mol. The first-order valence-corrected chi connectivity index (χ1v) is 11.0. The minimum absolute atomic E-state index is 0.102. The number of ketones is 1. The number of anilines is 1. The quantitative estimate of drug-likeness (QED) is 0.461. The number of Topliss-reactive ketones (excluding diaryl/α,β-unsaturated/α-hetero) is 1. The first kappa shape index (κ1) is 23.6. The molecular formula is C24H27FN4O5. The van der Waals surface area contributed by atoms with Crippen LogP contribution in [0.4, 0.5) is 10.1 Å². The number of carbonyl (C=O) groups excluding carboxylic acids is 3. The maximum absolute atomic E-state index is 13.4. The van der Waals surface area contributed by atoms with Gasteiger partial charge in [-0.25, -0.2) is 4.39 Å². The number of nitrogens with zero attached hydrogens (tertiary/aromatic N) is 2. The zero-order valence-corrected chi connectivity index (χ0v) is 19.3. The van der Waals surface area contributed by atoms with Crippen molar-refractivity contribution in [2.45, 2.75) is 18.9 Å². The van der Waals surface area contributed by atoms with Crippen LogP contribution in [-0.2, 0) is 20.7 Å². The summed E-state index contributed by atoms with van der Waals surface area (Å²) in [6.45, 7) is 2.56. The van der Waals surface area contributed by atoms with Crippen LogP contribution in [0.15, 0.2) is 30.5 Å². The molecule has 0 spiro atoms. The summed E-state index contributed by atoms with van der Waals surface area (Å²) < 4.78 is 24.7. The lowest BCUT2D eigenvalue weighted by Gasteiger charge is -2.45. The number of halogens is 1. The van der Waals surface area contributed by atoms with Crippen LogP contribution in [-0.4, -0.2) is 68.6 Å². The lowest BCUT2D eigenvalue weighted by molar-refractivity contribution is -0.135. The lowest BCUT2D eigenvalue weighted by atomic mass is 9.88. The van der Waals surface area contributed by atoms with E-state index in [0.717, 1.165) is 5.56 Å². The van der Waals surface area contributed by atoms with Gasteiger partial charge in [-0.3, -0.25) is 19.4 Å². The summed E-state index contributed by atoms with van der Waals surface area (Å²) >= 11 is 0. The molecule has 2 aromatic rings. The zero-order valence-electron chi connectivity index (χ0n) is 19.3. The number of ether oxygens (including phenoxy) is 2. The molecule has 2 atom stereocenters. The molecule has 0 aliphatic carbocycles. The van der Waals surface area contributed by atoms with Gasteiger partial charge in [-0.2, -0.15) is 0 Å². The molecule has 34 heavy (non-hydrogen) atoms. The molecule has 1 aromatic heterocycles. The summed E-state index contributed by atoms with van der Waals surface area (Å²) in [5.41, 5.74) is 0.797. The third kappa shape index (κ3) is 4.33. The maximum Gasteiger partial charge on any atom is 0.265 e. The van der Waals surface area contributed by atoms with Crippen LogP contribution in [0.5, 0.6) is 5.75 Å². The Bertz CT molecular complexity index is 1120. The van der Waals surface area contributed by atoms with E-state index >= 15 is 0 Å². The summed E-state index contributed by atoms with van der Waals surface area (Å²) in [5, 5.41) is 5.34. The molecule has 0 radical (unpaired) electrons. The fourth-order valence-corrected chi connectivity index (χ4v) is 4.33. The van der Waals surface area contributed by atoms with E-state index in [0.29, 0.717) is 36.6 Å². The van der Waals surface area contributed by atoms with E-state index in [-0.39, 0.29) is 30.5 Å². The number of carbonyl (C=O) groups is 3. The number of hydrogen-bond donors (Lipinski definition) is 2. The van der Waals surface area contributed by atoms with Gasteiger partial charge in [0.25, 0.3) is 5.91 Å². The Balaban J connectivity index is 1.76. The van der Waals surface area contributed by atoms with E-state index < -0.39 is 23.2 Å². The third-order valence-electron chi connectivity index (χ3n) is 6.11. The highest BCUT2D eigenvalue weighted by Crippen LogP contribution is 2.45. The van der Waals surface area contributed by atoms with E-state index in [1.807, 2.05) is 4.90 Å². The molecule has 0 fully saturated rings. The van der Waals surface area contributed by atoms with Crippen molar-refractivity contribution in [2.24, 2.45) is 5.92 Å². The molecule has 0 bridgehead atoms. The molecule has 10 heteroatoms. The van der Waals surface area contributed by atoms with E-state index in [9.17, 15) is 18.8 Å². The number of aromatic nitrogens is 1. The number of methoxy groups -OCH3 is 1. The molecular weight excluding hydrogens is 443 g/mol. The average molecular weight is 471 g/mol. The first-order chi connectivity index (χ1) is 16.3. The van der Waals surface area contributed by atoms with Crippen molar-refractivity contribution in [3.05, 3.63) is 53.1 Å². The molecule has 180 valence electrons. The Kier molecular flexibility index (Phi) is 6.52. The van der Waals surface area contributed by atoms with Gasteiger partial charge < -0.3 is 25.0 Å². The van der Waals surface area contributed by atoms with Crippen molar-refractivity contribution in [3.8, 4) is 5.75 Å². The van der Waals surface area contributed by atoms with Gasteiger partial charge in [0, 0.05) is 45.4 Å². The lowest BCUT2D eigenvalue weighted by Crippen LogP contribution is -2.61.